The molecule has 0 spiro atoms. The van der Waals surface area contributed by atoms with E-state index in [4.69, 9.17) is 23.2 Å². The smallest absolute Gasteiger partial charge is 0.304 e. The Morgan fingerprint density at radius 1 is 1.40 bits per heavy atom. The Hall–Kier alpha value is -1.30. The van der Waals surface area contributed by atoms with E-state index in [0.29, 0.717) is 23.9 Å². The molecule has 0 saturated carbocycles. The Morgan fingerprint density at radius 3 is 2.95 bits per heavy atom. The molecule has 1 N–H and O–H groups in total. The summed E-state index contributed by atoms with van der Waals surface area (Å²) < 4.78 is 2.04. The summed E-state index contributed by atoms with van der Waals surface area (Å²) in [4.78, 5) is 18.6. The van der Waals surface area contributed by atoms with Crippen LogP contribution >= 0.6 is 34.5 Å². The minimum atomic E-state index is -0.0543. The SMILES string of the molecule is O=c1[nH]c(Cn2c(CCCl)nc3c(Cl)cccc32)cs1. The van der Waals surface area contributed by atoms with Crippen molar-refractivity contribution >= 4 is 45.6 Å². The third kappa shape index (κ3) is 2.49. The third-order valence-corrected chi connectivity index (χ3v) is 4.24. The van der Waals surface area contributed by atoms with Crippen molar-refractivity contribution in [1.29, 1.82) is 0 Å². The van der Waals surface area contributed by atoms with E-state index in [-0.39, 0.29) is 4.87 Å². The number of alkyl halides is 1. The van der Waals surface area contributed by atoms with Crippen molar-refractivity contribution < 1.29 is 0 Å². The number of nitrogens with zero attached hydrogens (tertiary/aromatic N) is 2. The molecule has 104 valence electrons. The molecule has 7 heteroatoms. The van der Waals surface area contributed by atoms with Crippen LogP contribution < -0.4 is 4.87 Å². The first-order valence-electron chi connectivity index (χ1n) is 6.05. The average Bonchev–Trinajstić information content (AvgIpc) is 2.97. The van der Waals surface area contributed by atoms with E-state index >= 15 is 0 Å². The largest absolute Gasteiger partial charge is 0.322 e. The van der Waals surface area contributed by atoms with Crippen molar-refractivity contribution in [3.63, 3.8) is 0 Å². The van der Waals surface area contributed by atoms with Crippen molar-refractivity contribution in [2.75, 3.05) is 5.88 Å². The van der Waals surface area contributed by atoms with Gasteiger partial charge in [0.2, 0.25) is 0 Å². The van der Waals surface area contributed by atoms with Gasteiger partial charge in [-0.1, -0.05) is 29.0 Å². The standard InChI is InChI=1S/C13H11Cl2N3OS/c14-5-4-11-17-12-9(15)2-1-3-10(12)18(11)6-8-7-20-13(19)16-8/h1-3,7H,4-6H2,(H,16,19). The maximum Gasteiger partial charge on any atom is 0.304 e. The van der Waals surface area contributed by atoms with Gasteiger partial charge in [-0.2, -0.15) is 0 Å². The van der Waals surface area contributed by atoms with Crippen LogP contribution in [0.3, 0.4) is 0 Å². The molecule has 4 nitrogen and oxygen atoms in total. The number of halogens is 2. The first-order valence-corrected chi connectivity index (χ1v) is 7.84. The molecule has 0 amide bonds. The number of aromatic amines is 1. The number of nitrogens with one attached hydrogen (secondary N) is 1. The van der Waals surface area contributed by atoms with Gasteiger partial charge < -0.3 is 9.55 Å². The molecule has 0 aliphatic carbocycles. The van der Waals surface area contributed by atoms with E-state index in [1.165, 1.54) is 0 Å². The number of aryl methyl sites for hydroxylation is 1. The fraction of sp³-hybridized carbons (Fsp3) is 0.231. The number of rotatable bonds is 4. The Labute approximate surface area is 129 Å². The quantitative estimate of drug-likeness (QED) is 0.747. The number of imidazole rings is 1. The minimum absolute atomic E-state index is 0.0543. The number of H-pyrrole nitrogens is 1. The molecule has 0 fully saturated rings. The predicted molar refractivity (Wildman–Crippen MR) is 83.2 cm³/mol. The van der Waals surface area contributed by atoms with Gasteiger partial charge in [-0.05, 0) is 12.1 Å². The van der Waals surface area contributed by atoms with Gasteiger partial charge in [0, 0.05) is 23.4 Å². The Kier molecular flexibility index (Phi) is 3.83. The van der Waals surface area contributed by atoms with Gasteiger partial charge in [0.25, 0.3) is 0 Å². The maximum absolute atomic E-state index is 11.2. The van der Waals surface area contributed by atoms with Crippen molar-refractivity contribution in [2.45, 2.75) is 13.0 Å². The van der Waals surface area contributed by atoms with Gasteiger partial charge >= 0.3 is 4.87 Å². The van der Waals surface area contributed by atoms with Gasteiger partial charge in [0.1, 0.15) is 11.3 Å². The second kappa shape index (κ2) is 5.60. The number of aromatic nitrogens is 3. The molecule has 0 bridgehead atoms. The molecule has 0 aliphatic heterocycles. The van der Waals surface area contributed by atoms with Gasteiger partial charge in [-0.25, -0.2) is 4.98 Å². The van der Waals surface area contributed by atoms with Crippen molar-refractivity contribution in [2.24, 2.45) is 0 Å². The Bertz CT molecular complexity index is 805. The summed E-state index contributed by atoms with van der Waals surface area (Å²) >= 11 is 13.2. The summed E-state index contributed by atoms with van der Waals surface area (Å²) in [5.41, 5.74) is 2.58. The molecule has 1 aromatic carbocycles. The summed E-state index contributed by atoms with van der Waals surface area (Å²) in [7, 11) is 0. The molecule has 0 atom stereocenters. The molecule has 0 unspecified atom stereocenters. The van der Waals surface area contributed by atoms with Crippen LogP contribution in [0.2, 0.25) is 5.02 Å². The van der Waals surface area contributed by atoms with E-state index in [2.05, 4.69) is 9.97 Å². The van der Waals surface area contributed by atoms with Crippen LogP contribution in [0.1, 0.15) is 11.5 Å². The summed E-state index contributed by atoms with van der Waals surface area (Å²) in [5, 5.41) is 2.44. The zero-order valence-corrected chi connectivity index (χ0v) is 12.7. The van der Waals surface area contributed by atoms with Crippen molar-refractivity contribution in [3.05, 3.63) is 49.8 Å². The van der Waals surface area contributed by atoms with Crippen LogP contribution in [0.5, 0.6) is 0 Å². The highest BCUT2D eigenvalue weighted by Crippen LogP contribution is 2.25. The number of benzene rings is 1. The second-order valence-corrected chi connectivity index (χ2v) is 5.96. The number of hydrogen-bond donors (Lipinski definition) is 1. The highest BCUT2D eigenvalue weighted by molar-refractivity contribution is 7.07. The molecule has 0 saturated heterocycles. The van der Waals surface area contributed by atoms with Crippen LogP contribution in [0.4, 0.5) is 0 Å². The monoisotopic (exact) mass is 327 g/mol. The van der Waals surface area contributed by atoms with E-state index in [9.17, 15) is 4.79 Å². The molecule has 2 aromatic heterocycles. The number of thiazole rings is 1. The first kappa shape index (κ1) is 13.7. The zero-order valence-electron chi connectivity index (χ0n) is 10.4. The number of para-hydroxylation sites is 1. The predicted octanol–water partition coefficient (Wildman–Crippen LogP) is 3.27. The third-order valence-electron chi connectivity index (χ3n) is 3.03. The highest BCUT2D eigenvalue weighted by Gasteiger charge is 2.13. The lowest BCUT2D eigenvalue weighted by molar-refractivity contribution is 0.740. The lowest BCUT2D eigenvalue weighted by Gasteiger charge is -2.06. The topological polar surface area (TPSA) is 50.7 Å². The molecular formula is C13H11Cl2N3OS. The first-order chi connectivity index (χ1) is 9.69. The zero-order chi connectivity index (χ0) is 14.1. The summed E-state index contributed by atoms with van der Waals surface area (Å²) in [6.45, 7) is 0.557. The highest BCUT2D eigenvalue weighted by atomic mass is 35.5. The Balaban J connectivity index is 2.13. The summed E-state index contributed by atoms with van der Waals surface area (Å²) in [6.07, 6.45) is 0.654. The van der Waals surface area contributed by atoms with E-state index in [1.807, 2.05) is 28.1 Å². The van der Waals surface area contributed by atoms with Crippen LogP contribution in [0.15, 0.2) is 28.4 Å². The summed E-state index contributed by atoms with van der Waals surface area (Å²) in [5.74, 6) is 1.36. The maximum atomic E-state index is 11.2. The number of fused-ring (bicyclic) bond motifs is 1. The minimum Gasteiger partial charge on any atom is -0.322 e. The number of hydrogen-bond acceptors (Lipinski definition) is 3. The Morgan fingerprint density at radius 2 is 2.25 bits per heavy atom. The lowest BCUT2D eigenvalue weighted by atomic mass is 10.3. The van der Waals surface area contributed by atoms with Crippen LogP contribution in [-0.4, -0.2) is 20.4 Å². The van der Waals surface area contributed by atoms with Gasteiger partial charge in [0.05, 0.1) is 17.1 Å². The molecule has 2 heterocycles. The average molecular weight is 328 g/mol. The fourth-order valence-corrected chi connectivity index (χ4v) is 3.13. The molecule has 0 radical (unpaired) electrons. The normalized spacial score (nSPS) is 11.3. The lowest BCUT2D eigenvalue weighted by Crippen LogP contribution is -2.07. The van der Waals surface area contributed by atoms with E-state index in [0.717, 1.165) is 33.9 Å². The molecule has 20 heavy (non-hydrogen) atoms. The van der Waals surface area contributed by atoms with Crippen LogP contribution in [-0.2, 0) is 13.0 Å². The van der Waals surface area contributed by atoms with E-state index < -0.39 is 0 Å². The fourth-order valence-electron chi connectivity index (χ4n) is 2.17. The molecule has 3 rings (SSSR count). The molecular weight excluding hydrogens is 317 g/mol. The second-order valence-electron chi connectivity index (χ2n) is 4.33. The van der Waals surface area contributed by atoms with Crippen molar-refractivity contribution in [1.82, 2.24) is 14.5 Å². The van der Waals surface area contributed by atoms with Gasteiger partial charge in [-0.3, -0.25) is 4.79 Å². The van der Waals surface area contributed by atoms with Crippen LogP contribution in [0, 0.1) is 0 Å². The van der Waals surface area contributed by atoms with Crippen LogP contribution in [0.25, 0.3) is 11.0 Å². The van der Waals surface area contributed by atoms with E-state index in [1.54, 1.807) is 0 Å². The van der Waals surface area contributed by atoms with Gasteiger partial charge in [0.15, 0.2) is 0 Å². The molecule has 3 aromatic rings. The molecule has 0 aliphatic rings. The van der Waals surface area contributed by atoms with Gasteiger partial charge in [-0.15, -0.1) is 11.6 Å². The van der Waals surface area contributed by atoms with Crippen molar-refractivity contribution in [3.8, 4) is 0 Å². The summed E-state index contributed by atoms with van der Waals surface area (Å²) in [6, 6.07) is 5.68.